The summed E-state index contributed by atoms with van der Waals surface area (Å²) in [6.45, 7) is 2.22. The van der Waals surface area contributed by atoms with Crippen LogP contribution < -0.4 is 0 Å². The molecular formula is C17H13F2NO6. The summed E-state index contributed by atoms with van der Waals surface area (Å²) in [5.74, 6) is -6.22. The lowest BCUT2D eigenvalue weighted by molar-refractivity contribution is -0.144. The van der Waals surface area contributed by atoms with Gasteiger partial charge in [0.2, 0.25) is 17.6 Å². The van der Waals surface area contributed by atoms with Crippen LogP contribution in [0, 0.1) is 11.6 Å². The first-order valence-corrected chi connectivity index (χ1v) is 7.62. The van der Waals surface area contributed by atoms with Gasteiger partial charge in [-0.15, -0.1) is 0 Å². The highest BCUT2D eigenvalue weighted by molar-refractivity contribution is 6.08. The van der Waals surface area contributed by atoms with Gasteiger partial charge in [-0.3, -0.25) is 19.2 Å². The second-order valence-corrected chi connectivity index (χ2v) is 5.97. The number of hydrogen-bond acceptors (Lipinski definition) is 6. The van der Waals surface area contributed by atoms with Gasteiger partial charge in [-0.25, -0.2) is 13.7 Å². The molecule has 0 radical (unpaired) electrons. The van der Waals surface area contributed by atoms with Gasteiger partial charge in [-0.2, -0.15) is 0 Å². The molecule has 0 saturated carbocycles. The van der Waals surface area contributed by atoms with Crippen molar-refractivity contribution in [3.8, 4) is 0 Å². The number of halogens is 2. The summed E-state index contributed by atoms with van der Waals surface area (Å²) in [5.41, 5.74) is -2.18. The Hall–Kier alpha value is -3.10. The van der Waals surface area contributed by atoms with Gasteiger partial charge in [0.15, 0.2) is 5.60 Å². The van der Waals surface area contributed by atoms with E-state index in [4.69, 9.17) is 9.47 Å². The molecule has 0 aromatic heterocycles. The van der Waals surface area contributed by atoms with Crippen molar-refractivity contribution in [2.24, 2.45) is 0 Å². The molecule has 1 atom stereocenters. The topological polar surface area (TPSA) is 90.0 Å². The van der Waals surface area contributed by atoms with E-state index in [9.17, 15) is 28.0 Å². The fraction of sp³-hybridized carbons (Fsp3) is 0.294. The minimum Gasteiger partial charge on any atom is -0.456 e. The first-order valence-electron chi connectivity index (χ1n) is 7.62. The highest BCUT2D eigenvalue weighted by Gasteiger charge is 2.53. The van der Waals surface area contributed by atoms with Gasteiger partial charge >= 0.3 is 5.97 Å². The second kappa shape index (κ2) is 6.01. The van der Waals surface area contributed by atoms with Crippen molar-refractivity contribution in [3.63, 3.8) is 0 Å². The van der Waals surface area contributed by atoms with Crippen LogP contribution in [0.4, 0.5) is 8.78 Å². The average molecular weight is 365 g/mol. The molecule has 1 saturated heterocycles. The molecule has 2 heterocycles. The molecular weight excluding hydrogens is 352 g/mol. The van der Waals surface area contributed by atoms with Crippen molar-refractivity contribution >= 4 is 23.6 Å². The van der Waals surface area contributed by atoms with Crippen LogP contribution >= 0.6 is 0 Å². The zero-order valence-electron chi connectivity index (χ0n) is 13.8. The number of carbonyl (C=O) groups is 4. The van der Waals surface area contributed by atoms with Crippen LogP contribution in [0.2, 0.25) is 0 Å². The molecule has 26 heavy (non-hydrogen) atoms. The Morgan fingerprint density at radius 3 is 2.15 bits per heavy atom. The third-order valence-electron chi connectivity index (χ3n) is 4.05. The number of ketones is 1. The van der Waals surface area contributed by atoms with Crippen LogP contribution in [0.25, 0.3) is 0 Å². The van der Waals surface area contributed by atoms with Crippen LogP contribution in [0.15, 0.2) is 29.8 Å². The Kier molecular flexibility index (Phi) is 4.09. The highest BCUT2D eigenvalue weighted by Crippen LogP contribution is 2.42. The Bertz CT molecular complexity index is 857. The maximum absolute atomic E-state index is 13.6. The summed E-state index contributed by atoms with van der Waals surface area (Å²) in [4.78, 5) is 48.7. The quantitative estimate of drug-likeness (QED) is 0.598. The SMILES string of the molecule is CC(=O)OC1=C(N2C(=O)CCC2=O)OC(C)(c2cc(F)cc(F)c2)C1=O. The van der Waals surface area contributed by atoms with Crippen molar-refractivity contribution in [3.05, 3.63) is 47.0 Å². The van der Waals surface area contributed by atoms with Gasteiger partial charge in [-0.1, -0.05) is 0 Å². The van der Waals surface area contributed by atoms with Crippen LogP contribution in [-0.2, 0) is 34.3 Å². The fourth-order valence-corrected chi connectivity index (χ4v) is 2.80. The maximum atomic E-state index is 13.6. The molecule has 3 rings (SSSR count). The van der Waals surface area contributed by atoms with Gasteiger partial charge < -0.3 is 9.47 Å². The molecule has 0 N–H and O–H groups in total. The Morgan fingerprint density at radius 1 is 1.12 bits per heavy atom. The smallest absolute Gasteiger partial charge is 0.308 e. The summed E-state index contributed by atoms with van der Waals surface area (Å²) >= 11 is 0. The Labute approximate surface area is 146 Å². The van der Waals surface area contributed by atoms with Crippen molar-refractivity contribution in [2.75, 3.05) is 0 Å². The zero-order chi connectivity index (χ0) is 19.2. The van der Waals surface area contributed by atoms with Crippen molar-refractivity contribution in [1.29, 1.82) is 0 Å². The first-order chi connectivity index (χ1) is 12.1. The van der Waals surface area contributed by atoms with E-state index < -0.39 is 52.4 Å². The monoisotopic (exact) mass is 365 g/mol. The summed E-state index contributed by atoms with van der Waals surface area (Å²) in [7, 11) is 0. The largest absolute Gasteiger partial charge is 0.456 e. The maximum Gasteiger partial charge on any atom is 0.308 e. The summed E-state index contributed by atoms with van der Waals surface area (Å²) in [6.07, 6.45) is -0.197. The molecule has 2 amide bonds. The second-order valence-electron chi connectivity index (χ2n) is 5.97. The number of ether oxygens (including phenoxy) is 2. The lowest BCUT2D eigenvalue weighted by atomic mass is 9.91. The van der Waals surface area contributed by atoms with Gasteiger partial charge in [0.05, 0.1) is 0 Å². The number of nitrogens with zero attached hydrogens (tertiary/aromatic N) is 1. The number of benzene rings is 1. The van der Waals surface area contributed by atoms with Crippen LogP contribution in [-0.4, -0.2) is 28.5 Å². The van der Waals surface area contributed by atoms with E-state index in [0.717, 1.165) is 19.1 Å². The highest BCUT2D eigenvalue weighted by atomic mass is 19.1. The van der Waals surface area contributed by atoms with Gasteiger partial charge in [0, 0.05) is 31.4 Å². The van der Waals surface area contributed by atoms with E-state index in [1.54, 1.807) is 0 Å². The fourth-order valence-electron chi connectivity index (χ4n) is 2.80. The standard InChI is InChI=1S/C17H13F2NO6/c1-8(21)25-14-15(24)17(2,9-5-10(18)7-11(19)6-9)26-16(14)20-12(22)3-4-13(20)23/h5-7H,3-4H2,1-2H3. The molecule has 0 bridgehead atoms. The lowest BCUT2D eigenvalue weighted by Gasteiger charge is -2.25. The molecule has 1 fully saturated rings. The zero-order valence-corrected chi connectivity index (χ0v) is 13.8. The van der Waals surface area contributed by atoms with Crippen LogP contribution in [0.1, 0.15) is 32.3 Å². The van der Waals surface area contributed by atoms with Crippen molar-refractivity contribution < 1.29 is 37.4 Å². The number of Topliss-reactive ketones (excluding diaryl/α,β-unsaturated/α-hetero) is 1. The Morgan fingerprint density at radius 2 is 1.65 bits per heavy atom. The molecule has 9 heteroatoms. The molecule has 0 spiro atoms. The number of hydrogen-bond donors (Lipinski definition) is 0. The average Bonchev–Trinajstić information content (AvgIpc) is 2.98. The number of esters is 1. The normalized spacial score (nSPS) is 22.9. The van der Waals surface area contributed by atoms with E-state index in [0.29, 0.717) is 11.0 Å². The predicted octanol–water partition coefficient (Wildman–Crippen LogP) is 1.66. The summed E-state index contributed by atoms with van der Waals surface area (Å²) in [5, 5.41) is 0. The minimum atomic E-state index is -1.98. The first kappa shape index (κ1) is 17.7. The lowest BCUT2D eigenvalue weighted by Crippen LogP contribution is -2.34. The van der Waals surface area contributed by atoms with E-state index >= 15 is 0 Å². The van der Waals surface area contributed by atoms with Gasteiger partial charge in [0.1, 0.15) is 11.6 Å². The van der Waals surface area contributed by atoms with Crippen LogP contribution in [0.5, 0.6) is 0 Å². The van der Waals surface area contributed by atoms with Gasteiger partial charge in [-0.05, 0) is 19.1 Å². The number of rotatable bonds is 3. The van der Waals surface area contributed by atoms with Gasteiger partial charge in [0.25, 0.3) is 11.7 Å². The molecule has 2 aliphatic rings. The number of imide groups is 1. The molecule has 1 unspecified atom stereocenters. The van der Waals surface area contributed by atoms with Crippen molar-refractivity contribution in [1.82, 2.24) is 4.90 Å². The minimum absolute atomic E-state index is 0.0987. The van der Waals surface area contributed by atoms with E-state index in [1.165, 1.54) is 6.92 Å². The number of carbonyl (C=O) groups excluding carboxylic acids is 4. The molecule has 1 aromatic carbocycles. The molecule has 7 nitrogen and oxygen atoms in total. The number of likely N-dealkylation sites (tertiary alicyclic amines) is 1. The molecule has 0 aliphatic carbocycles. The third-order valence-corrected chi connectivity index (χ3v) is 4.05. The molecule has 1 aromatic rings. The molecule has 136 valence electrons. The summed E-state index contributed by atoms with van der Waals surface area (Å²) < 4.78 is 37.5. The van der Waals surface area contributed by atoms with Crippen LogP contribution in [0.3, 0.4) is 0 Å². The summed E-state index contributed by atoms with van der Waals surface area (Å²) in [6, 6.07) is 2.37. The Balaban J connectivity index is 2.11. The van der Waals surface area contributed by atoms with E-state index in [1.807, 2.05) is 0 Å². The third kappa shape index (κ3) is 2.75. The van der Waals surface area contributed by atoms with E-state index in [-0.39, 0.29) is 18.4 Å². The predicted molar refractivity (Wildman–Crippen MR) is 79.7 cm³/mol. The van der Waals surface area contributed by atoms with Crippen molar-refractivity contribution in [2.45, 2.75) is 32.3 Å². The molecule has 2 aliphatic heterocycles. The number of amides is 2. The van der Waals surface area contributed by atoms with E-state index in [2.05, 4.69) is 0 Å².